The maximum absolute atomic E-state index is 12.8. The molecule has 0 fully saturated rings. The fraction of sp³-hybridized carbons (Fsp3) is 0.417. The number of carbonyl (C=O) groups excluding carboxylic acids is 1. The normalized spacial score (nSPS) is 11.4. The second-order valence-electron chi connectivity index (χ2n) is 4.81. The molecule has 2 aromatic heterocycles. The Morgan fingerprint density at radius 3 is 2.67 bits per heavy atom. The van der Waals surface area contributed by atoms with Gasteiger partial charge in [0.15, 0.2) is 11.4 Å². The average molecular weight is 362 g/mol. The molecule has 1 amide bonds. The zero-order valence-electron chi connectivity index (χ0n) is 11.6. The standard InChI is InChI=1S/C12H14BrF2N5O/c1-5(2)8-7(13)10(18-17-8)12(21)16-6-4-20(3)19-9(6)11(14)15/h4-5,11H,1-3H3,(H,16,21)(H,17,18). The number of rotatable bonds is 4. The molecule has 0 aliphatic rings. The van der Waals surface area contributed by atoms with Crippen molar-refractivity contribution in [2.24, 2.45) is 7.05 Å². The van der Waals surface area contributed by atoms with Crippen LogP contribution in [0.15, 0.2) is 10.7 Å². The second kappa shape index (κ2) is 5.92. The van der Waals surface area contributed by atoms with Crippen LogP contribution in [-0.4, -0.2) is 25.9 Å². The zero-order chi connectivity index (χ0) is 15.7. The summed E-state index contributed by atoms with van der Waals surface area (Å²) in [6, 6.07) is 0. The lowest BCUT2D eigenvalue weighted by Gasteiger charge is -2.04. The van der Waals surface area contributed by atoms with E-state index in [1.54, 1.807) is 0 Å². The molecule has 0 atom stereocenters. The maximum atomic E-state index is 12.8. The van der Waals surface area contributed by atoms with Gasteiger partial charge in [0, 0.05) is 13.2 Å². The van der Waals surface area contributed by atoms with Crippen LogP contribution in [0.4, 0.5) is 14.5 Å². The van der Waals surface area contributed by atoms with Gasteiger partial charge < -0.3 is 5.32 Å². The number of hydrogen-bond donors (Lipinski definition) is 2. The average Bonchev–Trinajstić information content (AvgIpc) is 2.92. The number of nitrogens with zero attached hydrogens (tertiary/aromatic N) is 3. The smallest absolute Gasteiger partial charge is 0.284 e. The highest BCUT2D eigenvalue weighted by molar-refractivity contribution is 9.10. The Balaban J connectivity index is 2.26. The third-order valence-electron chi connectivity index (χ3n) is 2.84. The van der Waals surface area contributed by atoms with Crippen molar-refractivity contribution < 1.29 is 13.6 Å². The van der Waals surface area contributed by atoms with Crippen molar-refractivity contribution >= 4 is 27.5 Å². The molecule has 0 aliphatic heterocycles. The van der Waals surface area contributed by atoms with Gasteiger partial charge in [0.2, 0.25) is 0 Å². The largest absolute Gasteiger partial charge is 0.317 e. The van der Waals surface area contributed by atoms with Crippen LogP contribution < -0.4 is 5.32 Å². The van der Waals surface area contributed by atoms with Crippen molar-refractivity contribution in [2.75, 3.05) is 5.32 Å². The SMILES string of the molecule is CC(C)c1[nH]nc(C(=O)Nc2cn(C)nc2C(F)F)c1Br. The number of carbonyl (C=O) groups is 1. The fourth-order valence-electron chi connectivity index (χ4n) is 1.82. The Bertz CT molecular complexity index is 665. The molecule has 0 radical (unpaired) electrons. The summed E-state index contributed by atoms with van der Waals surface area (Å²) in [6.07, 6.45) is -1.45. The van der Waals surface area contributed by atoms with Gasteiger partial charge in [-0.25, -0.2) is 8.78 Å². The molecular weight excluding hydrogens is 348 g/mol. The molecule has 0 saturated carbocycles. The first kappa shape index (κ1) is 15.6. The number of aromatic nitrogens is 4. The number of amides is 1. The molecule has 2 heterocycles. The highest BCUT2D eigenvalue weighted by Crippen LogP contribution is 2.28. The van der Waals surface area contributed by atoms with E-state index in [9.17, 15) is 13.6 Å². The first-order valence-electron chi connectivity index (χ1n) is 6.18. The molecular formula is C12H14BrF2N5O. The predicted molar refractivity (Wildman–Crippen MR) is 76.5 cm³/mol. The molecule has 9 heteroatoms. The van der Waals surface area contributed by atoms with Crippen LogP contribution in [0.5, 0.6) is 0 Å². The molecule has 0 bridgehead atoms. The molecule has 114 valence electrons. The Hall–Kier alpha value is -1.77. The summed E-state index contributed by atoms with van der Waals surface area (Å²) >= 11 is 3.29. The molecule has 0 unspecified atom stereocenters. The van der Waals surface area contributed by atoms with Gasteiger partial charge in [-0.2, -0.15) is 10.2 Å². The molecule has 6 nitrogen and oxygen atoms in total. The Morgan fingerprint density at radius 1 is 1.48 bits per heavy atom. The number of H-pyrrole nitrogens is 1. The summed E-state index contributed by atoms with van der Waals surface area (Å²) in [4.78, 5) is 12.1. The van der Waals surface area contributed by atoms with Gasteiger partial charge in [-0.3, -0.25) is 14.6 Å². The van der Waals surface area contributed by atoms with Crippen molar-refractivity contribution in [1.29, 1.82) is 0 Å². The monoisotopic (exact) mass is 361 g/mol. The van der Waals surface area contributed by atoms with E-state index in [4.69, 9.17) is 0 Å². The van der Waals surface area contributed by atoms with Crippen LogP contribution in [0.25, 0.3) is 0 Å². The quantitative estimate of drug-likeness (QED) is 0.877. The first-order chi connectivity index (χ1) is 9.81. The lowest BCUT2D eigenvalue weighted by Crippen LogP contribution is -2.14. The Kier molecular flexibility index (Phi) is 4.40. The minimum Gasteiger partial charge on any atom is -0.317 e. The Labute approximate surface area is 128 Å². The molecule has 2 aromatic rings. The number of alkyl halides is 2. The highest BCUT2D eigenvalue weighted by atomic mass is 79.9. The van der Waals surface area contributed by atoms with Crippen molar-refractivity contribution in [3.63, 3.8) is 0 Å². The van der Waals surface area contributed by atoms with Gasteiger partial charge in [0.1, 0.15) is 0 Å². The van der Waals surface area contributed by atoms with Gasteiger partial charge in [-0.05, 0) is 21.8 Å². The molecule has 2 N–H and O–H groups in total. The Morgan fingerprint density at radius 2 is 2.14 bits per heavy atom. The minimum atomic E-state index is -2.77. The van der Waals surface area contributed by atoms with Crippen molar-refractivity contribution in [3.05, 3.63) is 27.8 Å². The third kappa shape index (κ3) is 3.12. The van der Waals surface area contributed by atoms with E-state index in [-0.39, 0.29) is 17.3 Å². The number of aryl methyl sites for hydroxylation is 1. The summed E-state index contributed by atoms with van der Waals surface area (Å²) < 4.78 is 27.4. The van der Waals surface area contributed by atoms with Crippen LogP contribution in [0.3, 0.4) is 0 Å². The van der Waals surface area contributed by atoms with Gasteiger partial charge >= 0.3 is 0 Å². The highest BCUT2D eigenvalue weighted by Gasteiger charge is 2.23. The summed E-state index contributed by atoms with van der Waals surface area (Å²) in [7, 11) is 1.50. The van der Waals surface area contributed by atoms with E-state index in [1.165, 1.54) is 17.9 Å². The molecule has 0 aliphatic carbocycles. The van der Waals surface area contributed by atoms with E-state index in [2.05, 4.69) is 36.5 Å². The summed E-state index contributed by atoms with van der Waals surface area (Å²) in [5.41, 5.74) is 0.378. The zero-order valence-corrected chi connectivity index (χ0v) is 13.2. The lowest BCUT2D eigenvalue weighted by molar-refractivity contribution is 0.102. The van der Waals surface area contributed by atoms with E-state index >= 15 is 0 Å². The van der Waals surface area contributed by atoms with Crippen molar-refractivity contribution in [1.82, 2.24) is 20.0 Å². The van der Waals surface area contributed by atoms with Gasteiger partial charge in [0.25, 0.3) is 12.3 Å². The van der Waals surface area contributed by atoms with Crippen LogP contribution >= 0.6 is 15.9 Å². The second-order valence-corrected chi connectivity index (χ2v) is 5.60. The minimum absolute atomic E-state index is 0.0292. The van der Waals surface area contributed by atoms with Crippen molar-refractivity contribution in [3.8, 4) is 0 Å². The first-order valence-corrected chi connectivity index (χ1v) is 6.97. The van der Waals surface area contributed by atoms with E-state index in [1.807, 2.05) is 13.8 Å². The van der Waals surface area contributed by atoms with Gasteiger partial charge in [-0.15, -0.1) is 0 Å². The van der Waals surface area contributed by atoms with Crippen LogP contribution in [-0.2, 0) is 7.05 Å². The third-order valence-corrected chi connectivity index (χ3v) is 3.64. The molecule has 2 rings (SSSR count). The topological polar surface area (TPSA) is 75.6 Å². The summed E-state index contributed by atoms with van der Waals surface area (Å²) in [5, 5.41) is 12.7. The number of halogens is 3. The van der Waals surface area contributed by atoms with Crippen LogP contribution in [0, 0.1) is 0 Å². The fourth-order valence-corrected chi connectivity index (χ4v) is 2.63. The van der Waals surface area contributed by atoms with E-state index in [0.29, 0.717) is 4.47 Å². The molecule has 0 saturated heterocycles. The predicted octanol–water partition coefficient (Wildman–Crippen LogP) is 3.22. The van der Waals surface area contributed by atoms with E-state index in [0.717, 1.165) is 5.69 Å². The number of nitrogens with one attached hydrogen (secondary N) is 2. The molecule has 0 aromatic carbocycles. The summed E-state index contributed by atoms with van der Waals surface area (Å²) in [5.74, 6) is -0.441. The van der Waals surface area contributed by atoms with Crippen LogP contribution in [0.1, 0.15) is 48.1 Å². The van der Waals surface area contributed by atoms with Gasteiger partial charge in [-0.1, -0.05) is 13.8 Å². The number of hydrogen-bond acceptors (Lipinski definition) is 3. The lowest BCUT2D eigenvalue weighted by atomic mass is 10.1. The van der Waals surface area contributed by atoms with E-state index < -0.39 is 18.0 Å². The molecule has 0 spiro atoms. The van der Waals surface area contributed by atoms with Crippen molar-refractivity contribution in [2.45, 2.75) is 26.2 Å². The summed E-state index contributed by atoms with van der Waals surface area (Å²) in [6.45, 7) is 3.88. The molecule has 21 heavy (non-hydrogen) atoms. The van der Waals surface area contributed by atoms with Gasteiger partial charge in [0.05, 0.1) is 15.9 Å². The van der Waals surface area contributed by atoms with Crippen LogP contribution in [0.2, 0.25) is 0 Å². The number of aromatic amines is 1. The maximum Gasteiger partial charge on any atom is 0.284 e. The number of anilines is 1.